The second kappa shape index (κ2) is 2.86. The van der Waals surface area contributed by atoms with Crippen molar-refractivity contribution in [3.05, 3.63) is 47.8 Å². The number of rotatable bonds is 0. The van der Waals surface area contributed by atoms with Crippen LogP contribution in [-0.4, -0.2) is 4.98 Å². The summed E-state index contributed by atoms with van der Waals surface area (Å²) >= 11 is 1.79. The molecule has 0 radical (unpaired) electrons. The van der Waals surface area contributed by atoms with Gasteiger partial charge in [-0.3, -0.25) is 0 Å². The first-order chi connectivity index (χ1) is 7.92. The van der Waals surface area contributed by atoms with Gasteiger partial charge in [-0.2, -0.15) is 0 Å². The number of benzene rings is 2. The molecule has 0 aliphatic carbocycles. The van der Waals surface area contributed by atoms with Gasteiger partial charge in [0.1, 0.15) is 0 Å². The highest BCUT2D eigenvalue weighted by Gasteiger charge is 2.05. The van der Waals surface area contributed by atoms with Gasteiger partial charge in [0, 0.05) is 26.5 Å². The molecule has 0 aliphatic rings. The fourth-order valence-corrected chi connectivity index (χ4v) is 3.12. The van der Waals surface area contributed by atoms with Gasteiger partial charge in [0.05, 0.1) is 0 Å². The molecule has 1 N–H and O–H groups in total. The van der Waals surface area contributed by atoms with Crippen molar-refractivity contribution in [2.75, 3.05) is 0 Å². The molecule has 2 aromatic heterocycles. The van der Waals surface area contributed by atoms with E-state index in [1.54, 1.807) is 11.3 Å². The summed E-state index contributed by atoms with van der Waals surface area (Å²) in [6.07, 6.45) is 0. The Hall–Kier alpha value is -1.80. The van der Waals surface area contributed by atoms with E-state index in [1.165, 1.54) is 31.9 Å². The minimum absolute atomic E-state index is 1.22. The molecule has 2 aromatic carbocycles. The maximum absolute atomic E-state index is 3.47. The van der Waals surface area contributed by atoms with Crippen molar-refractivity contribution in [3.63, 3.8) is 0 Å². The Labute approximate surface area is 96.3 Å². The maximum atomic E-state index is 3.47. The summed E-state index contributed by atoms with van der Waals surface area (Å²) in [5.74, 6) is 0. The van der Waals surface area contributed by atoms with Gasteiger partial charge < -0.3 is 4.98 Å². The fourth-order valence-electron chi connectivity index (χ4n) is 2.31. The molecule has 4 aromatic rings. The topological polar surface area (TPSA) is 15.8 Å². The first-order valence-corrected chi connectivity index (χ1v) is 6.17. The quantitative estimate of drug-likeness (QED) is 0.450. The molecule has 4 rings (SSSR count). The molecule has 0 unspecified atom stereocenters. The van der Waals surface area contributed by atoms with E-state index in [2.05, 4.69) is 52.8 Å². The third-order valence-corrected chi connectivity index (χ3v) is 3.96. The molecule has 76 valence electrons. The number of hydrogen-bond donors (Lipinski definition) is 1. The van der Waals surface area contributed by atoms with E-state index in [4.69, 9.17) is 0 Å². The highest BCUT2D eigenvalue weighted by molar-refractivity contribution is 7.17. The average molecular weight is 223 g/mol. The smallest absolute Gasteiger partial charge is 0.0479 e. The third kappa shape index (κ3) is 0.996. The number of hydrogen-bond acceptors (Lipinski definition) is 1. The van der Waals surface area contributed by atoms with Gasteiger partial charge in [0.25, 0.3) is 0 Å². The zero-order valence-corrected chi connectivity index (χ0v) is 9.34. The Balaban J connectivity index is 2.32. The SMILES string of the molecule is c1ccc2c(c1)[nH]c1cc3sccc3cc12. The summed E-state index contributed by atoms with van der Waals surface area (Å²) in [5.41, 5.74) is 2.45. The highest BCUT2D eigenvalue weighted by Crippen LogP contribution is 2.31. The number of fused-ring (bicyclic) bond motifs is 4. The molecule has 0 saturated heterocycles. The van der Waals surface area contributed by atoms with Crippen molar-refractivity contribution in [1.82, 2.24) is 4.98 Å². The summed E-state index contributed by atoms with van der Waals surface area (Å²) in [4.78, 5) is 3.47. The zero-order valence-electron chi connectivity index (χ0n) is 8.53. The van der Waals surface area contributed by atoms with Crippen LogP contribution in [0, 0.1) is 0 Å². The van der Waals surface area contributed by atoms with Gasteiger partial charge in [0.2, 0.25) is 0 Å². The van der Waals surface area contributed by atoms with Crippen LogP contribution in [-0.2, 0) is 0 Å². The number of aromatic nitrogens is 1. The van der Waals surface area contributed by atoms with E-state index in [1.807, 2.05) is 0 Å². The van der Waals surface area contributed by atoms with Crippen LogP contribution in [0.3, 0.4) is 0 Å². The molecule has 0 spiro atoms. The number of para-hydroxylation sites is 1. The predicted octanol–water partition coefficient (Wildman–Crippen LogP) is 4.54. The lowest BCUT2D eigenvalue weighted by molar-refractivity contribution is 1.56. The van der Waals surface area contributed by atoms with E-state index >= 15 is 0 Å². The van der Waals surface area contributed by atoms with Crippen molar-refractivity contribution in [2.24, 2.45) is 0 Å². The van der Waals surface area contributed by atoms with Gasteiger partial charge >= 0.3 is 0 Å². The lowest BCUT2D eigenvalue weighted by Gasteiger charge is -1.92. The Bertz CT molecular complexity index is 807. The van der Waals surface area contributed by atoms with Crippen LogP contribution in [0.4, 0.5) is 0 Å². The minimum Gasteiger partial charge on any atom is -0.354 e. The fraction of sp³-hybridized carbons (Fsp3) is 0. The molecule has 0 atom stereocenters. The Morgan fingerprint density at radius 3 is 2.81 bits per heavy atom. The average Bonchev–Trinajstić information content (AvgIpc) is 2.88. The number of thiophene rings is 1. The molecule has 2 heteroatoms. The van der Waals surface area contributed by atoms with E-state index in [9.17, 15) is 0 Å². The standard InChI is InChI=1S/C14H9NS/c1-2-4-12-10(3-1)11-7-9-5-6-16-14(9)8-13(11)15-12/h1-8,15H. The molecular weight excluding hydrogens is 214 g/mol. The van der Waals surface area contributed by atoms with Crippen LogP contribution in [0.5, 0.6) is 0 Å². The summed E-state index contributed by atoms with van der Waals surface area (Å²) < 4.78 is 1.35. The van der Waals surface area contributed by atoms with Gasteiger partial charge in [-0.25, -0.2) is 0 Å². The molecule has 0 bridgehead atoms. The molecule has 2 heterocycles. The van der Waals surface area contributed by atoms with E-state index in [-0.39, 0.29) is 0 Å². The summed E-state index contributed by atoms with van der Waals surface area (Å²) in [6.45, 7) is 0. The second-order valence-electron chi connectivity index (χ2n) is 4.03. The molecule has 16 heavy (non-hydrogen) atoms. The highest BCUT2D eigenvalue weighted by atomic mass is 32.1. The minimum atomic E-state index is 1.22. The van der Waals surface area contributed by atoms with Crippen molar-refractivity contribution in [1.29, 1.82) is 0 Å². The first-order valence-electron chi connectivity index (χ1n) is 5.29. The van der Waals surface area contributed by atoms with Crippen LogP contribution >= 0.6 is 11.3 Å². The molecule has 0 aliphatic heterocycles. The Morgan fingerprint density at radius 1 is 0.875 bits per heavy atom. The molecule has 0 saturated carbocycles. The lowest BCUT2D eigenvalue weighted by atomic mass is 10.1. The zero-order chi connectivity index (χ0) is 10.5. The lowest BCUT2D eigenvalue weighted by Crippen LogP contribution is -1.66. The van der Waals surface area contributed by atoms with Gasteiger partial charge in [0.15, 0.2) is 0 Å². The normalized spacial score (nSPS) is 11.8. The monoisotopic (exact) mass is 223 g/mol. The van der Waals surface area contributed by atoms with Gasteiger partial charge in [-0.15, -0.1) is 11.3 Å². The van der Waals surface area contributed by atoms with Crippen LogP contribution in [0.25, 0.3) is 31.9 Å². The van der Waals surface area contributed by atoms with E-state index in [0.717, 1.165) is 0 Å². The summed E-state index contributed by atoms with van der Waals surface area (Å²) in [5, 5.41) is 6.11. The molecule has 1 nitrogen and oxygen atoms in total. The van der Waals surface area contributed by atoms with Crippen molar-refractivity contribution >= 4 is 43.2 Å². The van der Waals surface area contributed by atoms with Gasteiger partial charge in [-0.05, 0) is 35.0 Å². The number of H-pyrrole nitrogens is 1. The van der Waals surface area contributed by atoms with Crippen LogP contribution in [0.2, 0.25) is 0 Å². The third-order valence-electron chi connectivity index (χ3n) is 3.08. The van der Waals surface area contributed by atoms with Crippen LogP contribution < -0.4 is 0 Å². The molecule has 0 amide bonds. The van der Waals surface area contributed by atoms with Crippen LogP contribution in [0.15, 0.2) is 47.8 Å². The number of nitrogens with one attached hydrogen (secondary N) is 1. The largest absolute Gasteiger partial charge is 0.354 e. The van der Waals surface area contributed by atoms with Crippen LogP contribution in [0.1, 0.15) is 0 Å². The Kier molecular flexibility index (Phi) is 1.50. The van der Waals surface area contributed by atoms with E-state index < -0.39 is 0 Å². The van der Waals surface area contributed by atoms with Crippen molar-refractivity contribution in [2.45, 2.75) is 0 Å². The Morgan fingerprint density at radius 2 is 1.81 bits per heavy atom. The predicted molar refractivity (Wildman–Crippen MR) is 71.2 cm³/mol. The number of aromatic amines is 1. The molecule has 0 fully saturated rings. The van der Waals surface area contributed by atoms with E-state index in [0.29, 0.717) is 0 Å². The van der Waals surface area contributed by atoms with Crippen molar-refractivity contribution in [3.8, 4) is 0 Å². The van der Waals surface area contributed by atoms with Crippen molar-refractivity contribution < 1.29 is 0 Å². The summed E-state index contributed by atoms with van der Waals surface area (Å²) in [6, 6.07) is 15.2. The first kappa shape index (κ1) is 8.36. The summed E-state index contributed by atoms with van der Waals surface area (Å²) in [7, 11) is 0. The van der Waals surface area contributed by atoms with Gasteiger partial charge in [-0.1, -0.05) is 18.2 Å². The maximum Gasteiger partial charge on any atom is 0.0479 e. The molecular formula is C14H9NS. The second-order valence-corrected chi connectivity index (χ2v) is 4.97.